The molecule has 0 heterocycles. The first-order valence-electron chi connectivity index (χ1n) is 6.52. The van der Waals surface area contributed by atoms with E-state index in [4.69, 9.17) is 17.3 Å². The Morgan fingerprint density at radius 2 is 2.26 bits per heavy atom. The fourth-order valence-corrected chi connectivity index (χ4v) is 3.23. The lowest BCUT2D eigenvalue weighted by Crippen LogP contribution is -2.31. The number of nitrogens with two attached hydrogens (primary N) is 1. The summed E-state index contributed by atoms with van der Waals surface area (Å²) < 4.78 is 0.935. The Morgan fingerprint density at radius 1 is 1.47 bits per heavy atom. The summed E-state index contributed by atoms with van der Waals surface area (Å²) in [5, 5.41) is 3.57. The van der Waals surface area contributed by atoms with Crippen molar-refractivity contribution in [2.75, 3.05) is 0 Å². The van der Waals surface area contributed by atoms with Gasteiger partial charge in [-0.3, -0.25) is 4.79 Å². The van der Waals surface area contributed by atoms with Crippen molar-refractivity contribution in [1.29, 1.82) is 0 Å². The van der Waals surface area contributed by atoms with E-state index < -0.39 is 0 Å². The van der Waals surface area contributed by atoms with Crippen LogP contribution in [-0.4, -0.2) is 11.9 Å². The first-order valence-corrected chi connectivity index (χ1v) is 7.69. The number of hydrogen-bond donors (Lipinski definition) is 2. The van der Waals surface area contributed by atoms with Gasteiger partial charge in [0.15, 0.2) is 0 Å². The molecule has 0 spiro atoms. The molecular weight excluding hydrogens is 328 g/mol. The quantitative estimate of drug-likeness (QED) is 0.880. The molecular formula is C14H18BrClN2O. The molecule has 1 aliphatic rings. The van der Waals surface area contributed by atoms with Gasteiger partial charge in [0, 0.05) is 28.5 Å². The first kappa shape index (κ1) is 14.8. The van der Waals surface area contributed by atoms with Crippen LogP contribution in [0.2, 0.25) is 5.02 Å². The highest BCUT2D eigenvalue weighted by Gasteiger charge is 2.25. The molecule has 0 bridgehead atoms. The molecule has 1 aliphatic carbocycles. The van der Waals surface area contributed by atoms with Gasteiger partial charge in [-0.2, -0.15) is 0 Å². The van der Waals surface area contributed by atoms with Gasteiger partial charge in [-0.15, -0.1) is 0 Å². The molecule has 1 aromatic carbocycles. The molecule has 5 heteroatoms. The molecule has 2 atom stereocenters. The largest absolute Gasteiger partial charge is 0.352 e. The van der Waals surface area contributed by atoms with Crippen molar-refractivity contribution < 1.29 is 4.79 Å². The SMILES string of the molecule is N[C@@H]1CCC[C@H]1CC(=O)NCc1ccc(Br)cc1Cl. The lowest BCUT2D eigenvalue weighted by atomic mass is 10.00. The Balaban J connectivity index is 1.83. The van der Waals surface area contributed by atoms with E-state index in [-0.39, 0.29) is 11.9 Å². The molecule has 0 aliphatic heterocycles. The van der Waals surface area contributed by atoms with E-state index in [1.807, 2.05) is 18.2 Å². The lowest BCUT2D eigenvalue weighted by molar-refractivity contribution is -0.122. The number of hydrogen-bond acceptors (Lipinski definition) is 2. The standard InChI is InChI=1S/C14H18BrClN2O/c15-11-5-4-10(12(16)7-11)8-18-14(19)6-9-2-1-3-13(9)17/h4-5,7,9,13H,1-3,6,8,17H2,(H,18,19)/t9-,13+/m0/s1. The number of benzene rings is 1. The Kier molecular flexibility index (Phi) is 5.25. The number of rotatable bonds is 4. The maximum absolute atomic E-state index is 11.9. The summed E-state index contributed by atoms with van der Waals surface area (Å²) in [6, 6.07) is 5.84. The third-order valence-electron chi connectivity index (χ3n) is 3.66. The minimum atomic E-state index is 0.0568. The topological polar surface area (TPSA) is 55.1 Å². The van der Waals surface area contributed by atoms with E-state index in [9.17, 15) is 4.79 Å². The summed E-state index contributed by atoms with van der Waals surface area (Å²) in [5.41, 5.74) is 6.89. The maximum atomic E-state index is 11.9. The summed E-state index contributed by atoms with van der Waals surface area (Å²) in [7, 11) is 0. The highest BCUT2D eigenvalue weighted by molar-refractivity contribution is 9.10. The van der Waals surface area contributed by atoms with Crippen molar-refractivity contribution in [1.82, 2.24) is 5.32 Å². The van der Waals surface area contributed by atoms with Crippen LogP contribution in [0.1, 0.15) is 31.2 Å². The summed E-state index contributed by atoms with van der Waals surface area (Å²) in [6.45, 7) is 0.465. The molecule has 3 N–H and O–H groups in total. The van der Waals surface area contributed by atoms with E-state index in [2.05, 4.69) is 21.2 Å². The molecule has 1 aromatic rings. The van der Waals surface area contributed by atoms with Gasteiger partial charge in [-0.25, -0.2) is 0 Å². The second-order valence-electron chi connectivity index (χ2n) is 5.07. The summed E-state index contributed by atoms with van der Waals surface area (Å²) in [5.74, 6) is 0.390. The average molecular weight is 346 g/mol. The number of carbonyl (C=O) groups excluding carboxylic acids is 1. The Bertz CT molecular complexity index is 467. The zero-order chi connectivity index (χ0) is 13.8. The maximum Gasteiger partial charge on any atom is 0.220 e. The predicted molar refractivity (Wildman–Crippen MR) is 80.9 cm³/mol. The number of halogens is 2. The number of nitrogens with one attached hydrogen (secondary N) is 1. The molecule has 3 nitrogen and oxygen atoms in total. The van der Waals surface area contributed by atoms with Crippen molar-refractivity contribution in [3.8, 4) is 0 Å². The van der Waals surface area contributed by atoms with Crippen LogP contribution in [0.5, 0.6) is 0 Å². The van der Waals surface area contributed by atoms with E-state index in [0.29, 0.717) is 23.9 Å². The fraction of sp³-hybridized carbons (Fsp3) is 0.500. The van der Waals surface area contributed by atoms with Crippen LogP contribution in [0.15, 0.2) is 22.7 Å². The molecule has 1 amide bonds. The van der Waals surface area contributed by atoms with Gasteiger partial charge < -0.3 is 11.1 Å². The van der Waals surface area contributed by atoms with Gasteiger partial charge >= 0.3 is 0 Å². The highest BCUT2D eigenvalue weighted by Crippen LogP contribution is 2.26. The molecule has 0 unspecified atom stereocenters. The number of amides is 1. The Morgan fingerprint density at radius 3 is 2.89 bits per heavy atom. The molecule has 0 saturated heterocycles. The molecule has 19 heavy (non-hydrogen) atoms. The van der Waals surface area contributed by atoms with Crippen LogP contribution in [0.3, 0.4) is 0 Å². The lowest BCUT2D eigenvalue weighted by Gasteiger charge is -2.15. The zero-order valence-corrected chi connectivity index (χ0v) is 13.0. The van der Waals surface area contributed by atoms with Crippen molar-refractivity contribution in [3.05, 3.63) is 33.3 Å². The van der Waals surface area contributed by atoms with Crippen LogP contribution in [-0.2, 0) is 11.3 Å². The summed E-state index contributed by atoms with van der Waals surface area (Å²) in [4.78, 5) is 11.9. The van der Waals surface area contributed by atoms with E-state index in [1.165, 1.54) is 0 Å². The molecule has 0 aromatic heterocycles. The average Bonchev–Trinajstić information content (AvgIpc) is 2.74. The second-order valence-corrected chi connectivity index (χ2v) is 6.39. The Hall–Kier alpha value is -0.580. The normalized spacial score (nSPS) is 22.5. The summed E-state index contributed by atoms with van der Waals surface area (Å²) in [6.07, 6.45) is 3.76. The minimum Gasteiger partial charge on any atom is -0.352 e. The van der Waals surface area contributed by atoms with Crippen LogP contribution < -0.4 is 11.1 Å². The van der Waals surface area contributed by atoms with Gasteiger partial charge in [-0.05, 0) is 36.5 Å². The highest BCUT2D eigenvalue weighted by atomic mass is 79.9. The van der Waals surface area contributed by atoms with Crippen LogP contribution in [0.25, 0.3) is 0 Å². The molecule has 2 rings (SSSR count). The third kappa shape index (κ3) is 4.20. The number of carbonyl (C=O) groups is 1. The third-order valence-corrected chi connectivity index (χ3v) is 4.50. The van der Waals surface area contributed by atoms with Crippen molar-refractivity contribution in [2.24, 2.45) is 11.7 Å². The molecule has 104 valence electrons. The van der Waals surface area contributed by atoms with E-state index >= 15 is 0 Å². The van der Waals surface area contributed by atoms with E-state index in [0.717, 1.165) is 29.3 Å². The first-order chi connectivity index (χ1) is 9.06. The smallest absolute Gasteiger partial charge is 0.220 e. The van der Waals surface area contributed by atoms with E-state index in [1.54, 1.807) is 0 Å². The Labute approximate surface area is 127 Å². The summed E-state index contributed by atoms with van der Waals surface area (Å²) >= 11 is 9.46. The monoisotopic (exact) mass is 344 g/mol. The van der Waals surface area contributed by atoms with Gasteiger partial charge in [0.2, 0.25) is 5.91 Å². The fourth-order valence-electron chi connectivity index (χ4n) is 2.49. The van der Waals surface area contributed by atoms with Crippen LogP contribution >= 0.6 is 27.5 Å². The van der Waals surface area contributed by atoms with Gasteiger partial charge in [0.25, 0.3) is 0 Å². The van der Waals surface area contributed by atoms with Gasteiger partial charge in [0.05, 0.1) is 0 Å². The minimum absolute atomic E-state index is 0.0568. The van der Waals surface area contributed by atoms with Crippen LogP contribution in [0, 0.1) is 5.92 Å². The van der Waals surface area contributed by atoms with Crippen molar-refractivity contribution in [3.63, 3.8) is 0 Å². The predicted octanol–water partition coefficient (Wildman–Crippen LogP) is 3.24. The van der Waals surface area contributed by atoms with Gasteiger partial charge in [0.1, 0.15) is 0 Å². The molecule has 0 radical (unpaired) electrons. The van der Waals surface area contributed by atoms with Gasteiger partial charge in [-0.1, -0.05) is 40.0 Å². The second kappa shape index (κ2) is 6.73. The van der Waals surface area contributed by atoms with Crippen molar-refractivity contribution in [2.45, 2.75) is 38.3 Å². The zero-order valence-electron chi connectivity index (χ0n) is 10.7. The molecule has 1 saturated carbocycles. The van der Waals surface area contributed by atoms with Crippen LogP contribution in [0.4, 0.5) is 0 Å². The molecule has 1 fully saturated rings. The van der Waals surface area contributed by atoms with Crippen molar-refractivity contribution >= 4 is 33.4 Å².